The highest BCUT2D eigenvalue weighted by molar-refractivity contribution is 7.22. The van der Waals surface area contributed by atoms with Gasteiger partial charge in [0.15, 0.2) is 0 Å². The molecule has 0 aromatic carbocycles. The Morgan fingerprint density at radius 2 is 2.08 bits per heavy atom. The second kappa shape index (κ2) is 3.32. The van der Waals surface area contributed by atoms with Gasteiger partial charge in [-0.2, -0.15) is 0 Å². The number of hydrogen-bond acceptors (Lipinski definition) is 3. The Hall–Kier alpha value is -1.13. The van der Waals surface area contributed by atoms with E-state index >= 15 is 0 Å². The highest BCUT2D eigenvalue weighted by atomic mass is 32.1. The molecule has 0 saturated carbocycles. The van der Waals surface area contributed by atoms with Crippen LogP contribution in [0.2, 0.25) is 0 Å². The standard InChI is InChI=1S/C9H7NOS2/c10-9(11)8-4-3-7(13-8)6-2-1-5-12-6/h1-5H,(H2,10,11). The summed E-state index contributed by atoms with van der Waals surface area (Å²) >= 11 is 3.09. The van der Waals surface area contributed by atoms with Crippen LogP contribution in [0.1, 0.15) is 9.67 Å². The monoisotopic (exact) mass is 209 g/mol. The smallest absolute Gasteiger partial charge is 0.258 e. The number of rotatable bonds is 2. The summed E-state index contributed by atoms with van der Waals surface area (Å²) in [6.45, 7) is 0. The third kappa shape index (κ3) is 1.64. The molecule has 0 radical (unpaired) electrons. The summed E-state index contributed by atoms with van der Waals surface area (Å²) in [7, 11) is 0. The Kier molecular flexibility index (Phi) is 2.16. The Labute approximate surface area is 83.6 Å². The molecule has 0 fully saturated rings. The van der Waals surface area contributed by atoms with Crippen LogP contribution in [-0.4, -0.2) is 5.91 Å². The van der Waals surface area contributed by atoms with Crippen molar-refractivity contribution in [2.24, 2.45) is 5.73 Å². The molecule has 66 valence electrons. The van der Waals surface area contributed by atoms with Crippen molar-refractivity contribution in [2.45, 2.75) is 0 Å². The lowest BCUT2D eigenvalue weighted by atomic mass is 10.3. The predicted octanol–water partition coefficient (Wildman–Crippen LogP) is 2.58. The minimum Gasteiger partial charge on any atom is -0.365 e. The Bertz CT molecular complexity index is 417. The molecule has 1 amide bonds. The molecule has 0 unspecified atom stereocenters. The third-order valence-electron chi connectivity index (χ3n) is 1.61. The largest absolute Gasteiger partial charge is 0.365 e. The zero-order chi connectivity index (χ0) is 9.26. The number of carbonyl (C=O) groups is 1. The summed E-state index contributed by atoms with van der Waals surface area (Å²) in [4.78, 5) is 13.7. The summed E-state index contributed by atoms with van der Waals surface area (Å²) in [5.41, 5.74) is 5.16. The van der Waals surface area contributed by atoms with Crippen LogP contribution in [0.25, 0.3) is 9.75 Å². The zero-order valence-electron chi connectivity index (χ0n) is 6.69. The van der Waals surface area contributed by atoms with Crippen molar-refractivity contribution < 1.29 is 4.79 Å². The molecule has 13 heavy (non-hydrogen) atoms. The van der Waals surface area contributed by atoms with Crippen molar-refractivity contribution in [1.29, 1.82) is 0 Å². The highest BCUT2D eigenvalue weighted by Gasteiger charge is 2.06. The van der Waals surface area contributed by atoms with Crippen molar-refractivity contribution in [3.05, 3.63) is 34.5 Å². The second-order valence-electron chi connectivity index (χ2n) is 2.51. The topological polar surface area (TPSA) is 43.1 Å². The lowest BCUT2D eigenvalue weighted by molar-refractivity contribution is 0.100. The molecule has 2 rings (SSSR count). The fourth-order valence-electron chi connectivity index (χ4n) is 1.02. The molecule has 0 saturated heterocycles. The van der Waals surface area contributed by atoms with E-state index in [4.69, 9.17) is 5.73 Å². The Morgan fingerprint density at radius 1 is 1.23 bits per heavy atom. The van der Waals surface area contributed by atoms with E-state index in [-0.39, 0.29) is 5.91 Å². The van der Waals surface area contributed by atoms with Gasteiger partial charge in [-0.05, 0) is 23.6 Å². The van der Waals surface area contributed by atoms with Crippen molar-refractivity contribution in [1.82, 2.24) is 0 Å². The van der Waals surface area contributed by atoms with Crippen molar-refractivity contribution in [3.63, 3.8) is 0 Å². The average molecular weight is 209 g/mol. The molecule has 2 heterocycles. The van der Waals surface area contributed by atoms with E-state index in [1.165, 1.54) is 16.2 Å². The van der Waals surface area contributed by atoms with Crippen LogP contribution in [0.5, 0.6) is 0 Å². The molecule has 2 aromatic heterocycles. The molecule has 0 bridgehead atoms. The van der Waals surface area contributed by atoms with Gasteiger partial charge in [0.05, 0.1) is 4.88 Å². The van der Waals surface area contributed by atoms with E-state index < -0.39 is 0 Å². The van der Waals surface area contributed by atoms with E-state index in [0.717, 1.165) is 4.88 Å². The lowest BCUT2D eigenvalue weighted by Gasteiger charge is -1.87. The quantitative estimate of drug-likeness (QED) is 0.811. The average Bonchev–Trinajstić information content (AvgIpc) is 2.75. The summed E-state index contributed by atoms with van der Waals surface area (Å²) in [5.74, 6) is -0.354. The van der Waals surface area contributed by atoms with E-state index in [2.05, 4.69) is 0 Å². The predicted molar refractivity (Wildman–Crippen MR) is 56.1 cm³/mol. The minimum absolute atomic E-state index is 0.354. The number of amides is 1. The lowest BCUT2D eigenvalue weighted by Crippen LogP contribution is -2.07. The number of thiophene rings is 2. The molecule has 2 nitrogen and oxygen atoms in total. The van der Waals surface area contributed by atoms with Gasteiger partial charge >= 0.3 is 0 Å². The van der Waals surface area contributed by atoms with E-state index in [1.54, 1.807) is 17.4 Å². The number of carbonyl (C=O) groups excluding carboxylic acids is 1. The Balaban J connectivity index is 2.39. The van der Waals surface area contributed by atoms with Crippen LogP contribution in [0.4, 0.5) is 0 Å². The van der Waals surface area contributed by atoms with Gasteiger partial charge in [-0.15, -0.1) is 22.7 Å². The fraction of sp³-hybridized carbons (Fsp3) is 0. The SMILES string of the molecule is NC(=O)c1ccc(-c2cccs2)s1. The molecule has 2 aromatic rings. The maximum Gasteiger partial charge on any atom is 0.258 e. The summed E-state index contributed by atoms with van der Waals surface area (Å²) in [6, 6.07) is 7.71. The fourth-order valence-corrected chi connectivity index (χ4v) is 2.71. The summed E-state index contributed by atoms with van der Waals surface area (Å²) < 4.78 is 0. The van der Waals surface area contributed by atoms with E-state index in [0.29, 0.717) is 4.88 Å². The molecule has 0 aliphatic heterocycles. The van der Waals surface area contributed by atoms with E-state index in [1.807, 2.05) is 23.6 Å². The van der Waals surface area contributed by atoms with Gasteiger partial charge in [-0.3, -0.25) is 4.79 Å². The van der Waals surface area contributed by atoms with Gasteiger partial charge < -0.3 is 5.73 Å². The van der Waals surface area contributed by atoms with Crippen LogP contribution >= 0.6 is 22.7 Å². The first-order chi connectivity index (χ1) is 6.27. The van der Waals surface area contributed by atoms with Gasteiger partial charge in [0.2, 0.25) is 0 Å². The molecule has 4 heteroatoms. The molecule has 0 spiro atoms. The number of primary amides is 1. The first-order valence-electron chi connectivity index (χ1n) is 3.71. The molecule has 0 aliphatic carbocycles. The number of nitrogens with two attached hydrogens (primary N) is 1. The zero-order valence-corrected chi connectivity index (χ0v) is 8.32. The molecule has 0 aliphatic rings. The third-order valence-corrected chi connectivity index (χ3v) is 3.78. The van der Waals surface area contributed by atoms with Crippen molar-refractivity contribution in [3.8, 4) is 9.75 Å². The van der Waals surface area contributed by atoms with Crippen molar-refractivity contribution >= 4 is 28.6 Å². The van der Waals surface area contributed by atoms with Crippen LogP contribution in [0.15, 0.2) is 29.6 Å². The van der Waals surface area contributed by atoms with Gasteiger partial charge in [-0.25, -0.2) is 0 Å². The Morgan fingerprint density at radius 3 is 2.62 bits per heavy atom. The van der Waals surface area contributed by atoms with Crippen molar-refractivity contribution in [2.75, 3.05) is 0 Å². The first-order valence-corrected chi connectivity index (χ1v) is 5.40. The summed E-state index contributed by atoms with van der Waals surface area (Å²) in [5, 5.41) is 2.01. The normalized spacial score (nSPS) is 10.2. The van der Waals surface area contributed by atoms with Gasteiger partial charge in [0.25, 0.3) is 5.91 Å². The highest BCUT2D eigenvalue weighted by Crippen LogP contribution is 2.31. The first kappa shape index (κ1) is 8.47. The van der Waals surface area contributed by atoms with Crippen LogP contribution in [0.3, 0.4) is 0 Å². The van der Waals surface area contributed by atoms with Crippen LogP contribution < -0.4 is 5.73 Å². The van der Waals surface area contributed by atoms with Crippen LogP contribution in [-0.2, 0) is 0 Å². The molecular formula is C9H7NOS2. The maximum atomic E-state index is 10.8. The molecule has 2 N–H and O–H groups in total. The van der Waals surface area contributed by atoms with Gasteiger partial charge in [-0.1, -0.05) is 6.07 Å². The number of hydrogen-bond donors (Lipinski definition) is 1. The molecule has 0 atom stereocenters. The van der Waals surface area contributed by atoms with Gasteiger partial charge in [0.1, 0.15) is 0 Å². The maximum absolute atomic E-state index is 10.8. The summed E-state index contributed by atoms with van der Waals surface area (Å²) in [6.07, 6.45) is 0. The second-order valence-corrected chi connectivity index (χ2v) is 4.54. The van der Waals surface area contributed by atoms with Gasteiger partial charge in [0, 0.05) is 9.75 Å². The minimum atomic E-state index is -0.354. The van der Waals surface area contributed by atoms with Crippen LogP contribution in [0, 0.1) is 0 Å². The molecular weight excluding hydrogens is 202 g/mol. The van der Waals surface area contributed by atoms with E-state index in [9.17, 15) is 4.79 Å².